The number of ether oxygens (including phenoxy) is 3. The van der Waals surface area contributed by atoms with Crippen LogP contribution in [0.1, 0.15) is 35.7 Å². The molecule has 0 bridgehead atoms. The molecule has 0 spiro atoms. The largest absolute Gasteiger partial charge is 0.484 e. The van der Waals surface area contributed by atoms with Crippen LogP contribution < -0.4 is 24.8 Å². The Balaban J connectivity index is 1.51. The Morgan fingerprint density at radius 2 is 2.03 bits per heavy atom. The second-order valence-corrected chi connectivity index (χ2v) is 7.44. The highest BCUT2D eigenvalue weighted by Crippen LogP contribution is 2.35. The highest BCUT2D eigenvalue weighted by atomic mass is 16.6. The van der Waals surface area contributed by atoms with Crippen molar-refractivity contribution in [1.82, 2.24) is 25.3 Å². The number of nitrogens with zero attached hydrogens (tertiary/aromatic N) is 4. The van der Waals surface area contributed by atoms with Gasteiger partial charge in [-0.05, 0) is 19.1 Å². The lowest BCUT2D eigenvalue weighted by atomic mass is 10.0. The van der Waals surface area contributed by atoms with Crippen LogP contribution in [-0.4, -0.2) is 59.3 Å². The van der Waals surface area contributed by atoms with Gasteiger partial charge in [0.05, 0.1) is 12.8 Å². The lowest BCUT2D eigenvalue weighted by Crippen LogP contribution is -2.23. The van der Waals surface area contributed by atoms with Crippen molar-refractivity contribution in [1.29, 1.82) is 0 Å². The minimum Gasteiger partial charge on any atom is -0.484 e. The van der Waals surface area contributed by atoms with Gasteiger partial charge in [0.15, 0.2) is 5.75 Å². The van der Waals surface area contributed by atoms with Gasteiger partial charge < -0.3 is 24.8 Å². The maximum Gasteiger partial charge on any atom is 0.257 e. The second kappa shape index (κ2) is 10.1. The number of nitrogens with one attached hydrogen (secondary N) is 2. The number of anilines is 1. The molecular formula is C23H26N6O4. The second-order valence-electron chi connectivity index (χ2n) is 7.44. The molecule has 0 aromatic carbocycles. The van der Waals surface area contributed by atoms with E-state index in [1.165, 1.54) is 13.4 Å². The summed E-state index contributed by atoms with van der Waals surface area (Å²) in [7, 11) is 1.48. The van der Waals surface area contributed by atoms with E-state index in [0.29, 0.717) is 60.6 Å². The highest BCUT2D eigenvalue weighted by Gasteiger charge is 2.21. The summed E-state index contributed by atoms with van der Waals surface area (Å²) in [6, 6.07) is 5.47. The number of carbonyl (C=O) groups is 1. The normalized spacial score (nSPS) is 13.2. The summed E-state index contributed by atoms with van der Waals surface area (Å²) in [6.45, 7) is 6.07. The molecule has 0 aliphatic carbocycles. The van der Waals surface area contributed by atoms with E-state index in [2.05, 4.69) is 37.5 Å². The summed E-state index contributed by atoms with van der Waals surface area (Å²) in [6.07, 6.45) is 4.82. The summed E-state index contributed by atoms with van der Waals surface area (Å²) in [5.74, 6) is 2.01. The Bertz CT molecular complexity index is 1140. The molecular weight excluding hydrogens is 424 g/mol. The first kappa shape index (κ1) is 22.3. The van der Waals surface area contributed by atoms with E-state index >= 15 is 0 Å². The van der Waals surface area contributed by atoms with Gasteiger partial charge in [-0.15, -0.1) is 0 Å². The molecule has 172 valence electrons. The molecule has 0 saturated carbocycles. The summed E-state index contributed by atoms with van der Waals surface area (Å²) in [5.41, 5.74) is 2.69. The van der Waals surface area contributed by atoms with Crippen molar-refractivity contribution in [2.45, 2.75) is 19.8 Å². The minimum atomic E-state index is -0.253. The van der Waals surface area contributed by atoms with Crippen molar-refractivity contribution in [3.05, 3.63) is 48.0 Å². The first-order chi connectivity index (χ1) is 16.1. The smallest absolute Gasteiger partial charge is 0.257 e. The molecule has 3 aromatic heterocycles. The summed E-state index contributed by atoms with van der Waals surface area (Å²) < 4.78 is 16.6. The summed E-state index contributed by atoms with van der Waals surface area (Å²) >= 11 is 0. The fourth-order valence-electron chi connectivity index (χ4n) is 3.51. The van der Waals surface area contributed by atoms with Crippen molar-refractivity contribution < 1.29 is 19.0 Å². The van der Waals surface area contributed by atoms with Crippen molar-refractivity contribution in [2.75, 3.05) is 38.7 Å². The number of methoxy groups -OCH3 is 1. The molecule has 10 nitrogen and oxygen atoms in total. The van der Waals surface area contributed by atoms with E-state index in [-0.39, 0.29) is 17.7 Å². The van der Waals surface area contributed by atoms with Gasteiger partial charge in [-0.25, -0.2) is 19.9 Å². The molecule has 1 aliphatic rings. The third-order valence-electron chi connectivity index (χ3n) is 5.18. The molecule has 1 atom stereocenters. The molecule has 3 aromatic rings. The zero-order valence-electron chi connectivity index (χ0n) is 18.8. The molecule has 4 rings (SSSR count). The SMILES string of the molecule is CCNC(=O)c1cc(-c2cc(NC[C@@H](C)c3ccnc4c3OCCO4)ncn2)cnc1OC. The van der Waals surface area contributed by atoms with Gasteiger partial charge in [-0.3, -0.25) is 4.79 Å². The van der Waals surface area contributed by atoms with Crippen LogP contribution in [0.3, 0.4) is 0 Å². The van der Waals surface area contributed by atoms with Gasteiger partial charge in [0.2, 0.25) is 5.88 Å². The maximum atomic E-state index is 12.4. The molecule has 4 heterocycles. The van der Waals surface area contributed by atoms with Crippen molar-refractivity contribution >= 4 is 11.7 Å². The van der Waals surface area contributed by atoms with E-state index in [0.717, 1.165) is 5.56 Å². The van der Waals surface area contributed by atoms with Gasteiger partial charge in [-0.2, -0.15) is 0 Å². The van der Waals surface area contributed by atoms with Gasteiger partial charge in [0.1, 0.15) is 30.9 Å². The lowest BCUT2D eigenvalue weighted by Gasteiger charge is -2.22. The number of carbonyl (C=O) groups excluding carboxylic acids is 1. The van der Waals surface area contributed by atoms with Crippen LogP contribution in [0.15, 0.2) is 36.9 Å². The van der Waals surface area contributed by atoms with Gasteiger partial charge in [0, 0.05) is 48.6 Å². The van der Waals surface area contributed by atoms with E-state index in [1.807, 2.05) is 19.1 Å². The number of pyridine rings is 2. The molecule has 0 unspecified atom stereocenters. The van der Waals surface area contributed by atoms with Gasteiger partial charge in [0.25, 0.3) is 11.8 Å². The third kappa shape index (κ3) is 4.94. The van der Waals surface area contributed by atoms with Gasteiger partial charge in [-0.1, -0.05) is 6.92 Å². The van der Waals surface area contributed by atoms with E-state index < -0.39 is 0 Å². The van der Waals surface area contributed by atoms with Crippen molar-refractivity contribution in [3.8, 4) is 28.8 Å². The Morgan fingerprint density at radius 1 is 1.18 bits per heavy atom. The predicted octanol–water partition coefficient (Wildman–Crippen LogP) is 2.68. The standard InChI is InChI=1S/C23H26N6O4/c1-4-24-21(30)17-9-15(12-27-22(17)31-3)18-10-19(29-13-28-18)26-11-14(2)16-5-6-25-23-20(16)32-7-8-33-23/h5-6,9-10,12-14H,4,7-8,11H2,1-3H3,(H,24,30)(H,26,28,29)/t14-/m1/s1. The molecule has 33 heavy (non-hydrogen) atoms. The highest BCUT2D eigenvalue weighted by molar-refractivity contribution is 5.97. The van der Waals surface area contributed by atoms with E-state index in [4.69, 9.17) is 14.2 Å². The molecule has 1 amide bonds. The average molecular weight is 450 g/mol. The Kier molecular flexibility index (Phi) is 6.82. The average Bonchev–Trinajstić information content (AvgIpc) is 2.86. The quantitative estimate of drug-likeness (QED) is 0.533. The molecule has 1 aliphatic heterocycles. The molecule has 0 fully saturated rings. The summed E-state index contributed by atoms with van der Waals surface area (Å²) in [5, 5.41) is 6.12. The Morgan fingerprint density at radius 3 is 2.85 bits per heavy atom. The predicted molar refractivity (Wildman–Crippen MR) is 122 cm³/mol. The number of hydrogen-bond acceptors (Lipinski definition) is 9. The van der Waals surface area contributed by atoms with E-state index in [9.17, 15) is 4.79 Å². The fourth-order valence-corrected chi connectivity index (χ4v) is 3.51. The number of hydrogen-bond donors (Lipinski definition) is 2. The van der Waals surface area contributed by atoms with Crippen LogP contribution in [0.5, 0.6) is 17.5 Å². The Hall–Kier alpha value is -3.95. The molecule has 0 radical (unpaired) electrons. The maximum absolute atomic E-state index is 12.4. The van der Waals surface area contributed by atoms with Crippen LogP contribution >= 0.6 is 0 Å². The van der Waals surface area contributed by atoms with Crippen LogP contribution in [0.4, 0.5) is 5.82 Å². The summed E-state index contributed by atoms with van der Waals surface area (Å²) in [4.78, 5) is 29.6. The van der Waals surface area contributed by atoms with Crippen LogP contribution in [0.25, 0.3) is 11.3 Å². The molecule has 0 saturated heterocycles. The van der Waals surface area contributed by atoms with Crippen LogP contribution in [0.2, 0.25) is 0 Å². The third-order valence-corrected chi connectivity index (χ3v) is 5.18. The first-order valence-corrected chi connectivity index (χ1v) is 10.7. The van der Waals surface area contributed by atoms with Crippen LogP contribution in [-0.2, 0) is 0 Å². The zero-order chi connectivity index (χ0) is 23.2. The van der Waals surface area contributed by atoms with Crippen molar-refractivity contribution in [2.24, 2.45) is 0 Å². The van der Waals surface area contributed by atoms with Crippen molar-refractivity contribution in [3.63, 3.8) is 0 Å². The fraction of sp³-hybridized carbons (Fsp3) is 0.348. The van der Waals surface area contributed by atoms with Gasteiger partial charge >= 0.3 is 0 Å². The number of aromatic nitrogens is 4. The number of rotatable bonds is 8. The molecule has 2 N–H and O–H groups in total. The topological polar surface area (TPSA) is 120 Å². The monoisotopic (exact) mass is 450 g/mol. The first-order valence-electron chi connectivity index (χ1n) is 10.7. The van der Waals surface area contributed by atoms with E-state index in [1.54, 1.807) is 18.5 Å². The molecule has 10 heteroatoms. The number of amides is 1. The van der Waals surface area contributed by atoms with Crippen LogP contribution in [0, 0.1) is 0 Å². The zero-order valence-corrected chi connectivity index (χ0v) is 18.8. The number of fused-ring (bicyclic) bond motifs is 1. The minimum absolute atomic E-state index is 0.119. The lowest BCUT2D eigenvalue weighted by molar-refractivity contribution is 0.0952. The Labute approximate surface area is 191 Å².